The van der Waals surface area contributed by atoms with Gasteiger partial charge in [0.25, 0.3) is 5.56 Å². The van der Waals surface area contributed by atoms with E-state index in [0.29, 0.717) is 17.0 Å². The average molecular weight is 548 g/mol. The maximum atomic E-state index is 13.6. The Morgan fingerprint density at radius 1 is 1.00 bits per heavy atom. The summed E-state index contributed by atoms with van der Waals surface area (Å²) >= 11 is 1.37. The van der Waals surface area contributed by atoms with E-state index in [9.17, 15) is 27.9 Å². The average Bonchev–Trinajstić information content (AvgIpc) is 3.69. The Labute approximate surface area is 226 Å². The Morgan fingerprint density at radius 2 is 1.74 bits per heavy atom. The fraction of sp³-hybridized carbons (Fsp3) is 0.290. The van der Waals surface area contributed by atoms with E-state index in [2.05, 4.69) is 24.3 Å². The van der Waals surface area contributed by atoms with Crippen molar-refractivity contribution in [2.45, 2.75) is 59.5 Å². The normalized spacial score (nSPS) is 23.8. The van der Waals surface area contributed by atoms with Gasteiger partial charge in [-0.2, -0.15) is 13.2 Å². The highest BCUT2D eigenvalue weighted by atomic mass is 32.2. The molecule has 0 amide bonds. The molecule has 1 N–H and O–H groups in total. The molecule has 1 aliphatic heterocycles. The lowest BCUT2D eigenvalue weighted by molar-refractivity contribution is -0.153. The molecule has 2 saturated carbocycles. The summed E-state index contributed by atoms with van der Waals surface area (Å²) in [5.41, 5.74) is 0.938. The van der Waals surface area contributed by atoms with Crippen LogP contribution in [0.25, 0.3) is 10.8 Å². The first-order valence-electron chi connectivity index (χ1n) is 13.0. The zero-order chi connectivity index (χ0) is 27.1. The quantitative estimate of drug-likeness (QED) is 0.294. The van der Waals surface area contributed by atoms with Crippen molar-refractivity contribution in [3.63, 3.8) is 0 Å². The number of nitrogens with zero attached hydrogens (tertiary/aromatic N) is 1. The van der Waals surface area contributed by atoms with Gasteiger partial charge in [0, 0.05) is 12.0 Å². The second-order valence-electron chi connectivity index (χ2n) is 10.9. The summed E-state index contributed by atoms with van der Waals surface area (Å²) < 4.78 is 41.7. The van der Waals surface area contributed by atoms with Gasteiger partial charge in [-0.3, -0.25) is 9.36 Å². The van der Waals surface area contributed by atoms with E-state index >= 15 is 0 Å². The van der Waals surface area contributed by atoms with E-state index < -0.39 is 34.4 Å². The van der Waals surface area contributed by atoms with Crippen LogP contribution in [0.15, 0.2) is 82.6 Å². The number of halogens is 3. The van der Waals surface area contributed by atoms with Crippen molar-refractivity contribution in [1.29, 1.82) is 0 Å². The van der Waals surface area contributed by atoms with Crippen molar-refractivity contribution in [2.75, 3.05) is 0 Å². The first-order valence-corrected chi connectivity index (χ1v) is 13.9. The molecular formula is C31H24F3NO3S. The van der Waals surface area contributed by atoms with Gasteiger partial charge in [-0.15, -0.1) is 11.8 Å². The Balaban J connectivity index is 1.33. The highest BCUT2D eigenvalue weighted by Gasteiger charge is 2.66. The summed E-state index contributed by atoms with van der Waals surface area (Å²) in [5.74, 6) is -1.26. The van der Waals surface area contributed by atoms with E-state index in [0.717, 1.165) is 52.4 Å². The van der Waals surface area contributed by atoms with Crippen molar-refractivity contribution >= 4 is 28.5 Å². The van der Waals surface area contributed by atoms with Gasteiger partial charge in [-0.25, -0.2) is 4.79 Å². The number of benzene rings is 3. The van der Waals surface area contributed by atoms with Crippen molar-refractivity contribution in [1.82, 2.24) is 4.57 Å². The van der Waals surface area contributed by atoms with Gasteiger partial charge in [-0.05, 0) is 70.7 Å². The van der Waals surface area contributed by atoms with Crippen LogP contribution >= 0.6 is 11.8 Å². The van der Waals surface area contributed by atoms with Gasteiger partial charge in [0.2, 0.25) is 0 Å². The molecule has 3 atom stereocenters. The molecule has 0 bridgehead atoms. The summed E-state index contributed by atoms with van der Waals surface area (Å²) in [5, 5.41) is 12.8. The summed E-state index contributed by atoms with van der Waals surface area (Å²) in [6.07, 6.45) is -1.91. The molecule has 8 heteroatoms. The zero-order valence-electron chi connectivity index (χ0n) is 20.7. The van der Waals surface area contributed by atoms with Crippen LogP contribution in [-0.2, 0) is 22.9 Å². The lowest BCUT2D eigenvalue weighted by Crippen LogP contribution is -2.61. The fourth-order valence-electron chi connectivity index (χ4n) is 6.54. The topological polar surface area (TPSA) is 59.3 Å². The first-order chi connectivity index (χ1) is 18.7. The predicted octanol–water partition coefficient (Wildman–Crippen LogP) is 6.93. The molecule has 4 aromatic rings. The van der Waals surface area contributed by atoms with Crippen LogP contribution in [0.5, 0.6) is 0 Å². The van der Waals surface area contributed by atoms with Gasteiger partial charge in [0.05, 0.1) is 15.8 Å². The molecule has 0 radical (unpaired) electrons. The number of pyridine rings is 1. The largest absolute Gasteiger partial charge is 0.479 e. The lowest BCUT2D eigenvalue weighted by Gasteiger charge is -2.48. The van der Waals surface area contributed by atoms with Crippen LogP contribution in [0.2, 0.25) is 0 Å². The summed E-state index contributed by atoms with van der Waals surface area (Å²) in [4.78, 5) is 26.4. The van der Waals surface area contributed by atoms with Crippen molar-refractivity contribution < 1.29 is 23.1 Å². The van der Waals surface area contributed by atoms with Gasteiger partial charge in [0.1, 0.15) is 0 Å². The van der Waals surface area contributed by atoms with E-state index in [1.165, 1.54) is 22.4 Å². The molecule has 2 fully saturated rings. The number of fused-ring (bicyclic) bond motifs is 4. The van der Waals surface area contributed by atoms with Crippen LogP contribution in [0.1, 0.15) is 58.9 Å². The van der Waals surface area contributed by atoms with Crippen molar-refractivity contribution in [2.24, 2.45) is 0 Å². The van der Waals surface area contributed by atoms with Gasteiger partial charge in [0.15, 0.2) is 5.54 Å². The molecule has 0 saturated heterocycles. The zero-order valence-corrected chi connectivity index (χ0v) is 21.6. The SMILES string of the molecule is O=C(O)C12C[C@@H](c3cccc(C(F)(F)F)c3)C1Sc1c(C3CC3)c(Cc3cccc4ccccc34)cc(=O)n12. The smallest absolute Gasteiger partial charge is 0.416 e. The summed E-state index contributed by atoms with van der Waals surface area (Å²) in [6, 6.07) is 21.0. The first kappa shape index (κ1) is 24.5. The molecular weight excluding hydrogens is 523 g/mol. The maximum Gasteiger partial charge on any atom is 0.416 e. The summed E-state index contributed by atoms with van der Waals surface area (Å²) in [7, 11) is 0. The van der Waals surface area contributed by atoms with Crippen LogP contribution in [0.4, 0.5) is 13.2 Å². The monoisotopic (exact) mass is 547 g/mol. The third-order valence-electron chi connectivity index (χ3n) is 8.56. The number of aliphatic carboxylic acids is 1. The minimum Gasteiger partial charge on any atom is -0.479 e. The predicted molar refractivity (Wildman–Crippen MR) is 143 cm³/mol. The molecule has 2 heterocycles. The highest BCUT2D eigenvalue weighted by molar-refractivity contribution is 8.00. The Hall–Kier alpha value is -3.52. The molecule has 39 heavy (non-hydrogen) atoms. The number of alkyl halides is 3. The lowest BCUT2D eigenvalue weighted by atomic mass is 9.64. The second kappa shape index (κ2) is 8.49. The molecule has 3 aliphatic rings. The highest BCUT2D eigenvalue weighted by Crippen LogP contribution is 2.64. The van der Waals surface area contributed by atoms with Crippen LogP contribution in [0, 0.1) is 0 Å². The molecule has 7 rings (SSSR count). The molecule has 4 nitrogen and oxygen atoms in total. The number of carboxylic acids is 1. The van der Waals surface area contributed by atoms with Crippen LogP contribution in [0.3, 0.4) is 0 Å². The van der Waals surface area contributed by atoms with E-state index in [-0.39, 0.29) is 17.9 Å². The number of hydrogen-bond acceptors (Lipinski definition) is 3. The molecule has 3 aromatic carbocycles. The van der Waals surface area contributed by atoms with Crippen LogP contribution < -0.4 is 5.56 Å². The fourth-order valence-corrected chi connectivity index (χ4v) is 8.48. The number of aromatic nitrogens is 1. The standard InChI is InChI=1S/C31H24F3NO3S/c32-31(33,34)22-9-4-8-20(14-22)24-16-30(29(37)38)27(24)39-28-26(18-11-12-18)21(15-25(36)35(28)30)13-19-7-3-6-17-5-1-2-10-23(17)19/h1-10,14-15,18,24,27H,11-13,16H2,(H,37,38)/t24-,27?,30?/m0/s1. The van der Waals surface area contributed by atoms with Crippen LogP contribution in [-0.4, -0.2) is 20.9 Å². The third-order valence-corrected chi connectivity index (χ3v) is 10.2. The molecule has 198 valence electrons. The van der Waals surface area contributed by atoms with Gasteiger partial charge >= 0.3 is 12.1 Å². The molecule has 1 aromatic heterocycles. The number of thioether (sulfide) groups is 1. The van der Waals surface area contributed by atoms with E-state index in [4.69, 9.17) is 0 Å². The maximum absolute atomic E-state index is 13.6. The van der Waals surface area contributed by atoms with Gasteiger partial charge in [-0.1, -0.05) is 60.7 Å². The Morgan fingerprint density at radius 3 is 2.49 bits per heavy atom. The van der Waals surface area contributed by atoms with E-state index in [1.54, 1.807) is 12.1 Å². The van der Waals surface area contributed by atoms with Crippen molar-refractivity contribution in [3.8, 4) is 0 Å². The van der Waals surface area contributed by atoms with Crippen molar-refractivity contribution in [3.05, 3.63) is 111 Å². The second-order valence-corrected chi connectivity index (χ2v) is 12.0. The van der Waals surface area contributed by atoms with Gasteiger partial charge < -0.3 is 5.11 Å². The minimum absolute atomic E-state index is 0.0843. The third kappa shape index (κ3) is 3.68. The molecule has 0 spiro atoms. The number of carboxylic acid groups (broad SMARTS) is 1. The van der Waals surface area contributed by atoms with E-state index in [1.807, 2.05) is 18.2 Å². The Kier molecular flexibility index (Phi) is 5.34. The summed E-state index contributed by atoms with van der Waals surface area (Å²) in [6.45, 7) is 0. The Bertz CT molecular complexity index is 1720. The number of carbonyl (C=O) groups is 1. The minimum atomic E-state index is -4.48. The number of rotatable bonds is 5. The molecule has 2 aliphatic carbocycles. The molecule has 2 unspecified atom stereocenters. The number of hydrogen-bond donors (Lipinski definition) is 1.